The van der Waals surface area contributed by atoms with Crippen molar-refractivity contribution in [3.05, 3.63) is 68.5 Å². The van der Waals surface area contributed by atoms with Gasteiger partial charge >= 0.3 is 0 Å². The van der Waals surface area contributed by atoms with Crippen LogP contribution in [0.2, 0.25) is 0 Å². The van der Waals surface area contributed by atoms with Crippen molar-refractivity contribution in [2.75, 3.05) is 0 Å². The van der Waals surface area contributed by atoms with E-state index in [1.165, 1.54) is 10.6 Å². The van der Waals surface area contributed by atoms with Gasteiger partial charge in [0.1, 0.15) is 0 Å². The van der Waals surface area contributed by atoms with Crippen LogP contribution in [0.4, 0.5) is 0 Å². The van der Waals surface area contributed by atoms with Crippen molar-refractivity contribution in [2.24, 2.45) is 5.41 Å². The maximum Gasteiger partial charge on any atom is 0.251 e. The van der Waals surface area contributed by atoms with Crippen molar-refractivity contribution < 1.29 is 9.90 Å². The molecule has 1 aliphatic rings. The van der Waals surface area contributed by atoms with Gasteiger partial charge in [0.05, 0.1) is 17.6 Å². The van der Waals surface area contributed by atoms with E-state index in [2.05, 4.69) is 15.9 Å². The van der Waals surface area contributed by atoms with Crippen molar-refractivity contribution in [3.8, 4) is 0 Å². The molecule has 0 radical (unpaired) electrons. The minimum atomic E-state index is -0.978. The van der Waals surface area contributed by atoms with Crippen molar-refractivity contribution in [3.63, 3.8) is 0 Å². The number of ketones is 1. The van der Waals surface area contributed by atoms with E-state index in [1.54, 1.807) is 44.3 Å². The first kappa shape index (κ1) is 15.2. The maximum absolute atomic E-state index is 12.7. The van der Waals surface area contributed by atoms with E-state index in [0.29, 0.717) is 11.1 Å². The molecule has 1 aromatic heterocycles. The van der Waals surface area contributed by atoms with Crippen molar-refractivity contribution >= 4 is 21.7 Å². The third-order valence-electron chi connectivity index (χ3n) is 4.35. The summed E-state index contributed by atoms with van der Waals surface area (Å²) in [5.41, 5.74) is 0.0533. The van der Waals surface area contributed by atoms with Gasteiger partial charge in [0.25, 0.3) is 5.56 Å². The Hall–Kier alpha value is -1.72. The van der Waals surface area contributed by atoms with Gasteiger partial charge in [-0.15, -0.1) is 0 Å². The highest BCUT2D eigenvalue weighted by Gasteiger charge is 2.48. The number of nitrogens with zero attached hydrogens (tertiary/aromatic N) is 1. The molecule has 1 heterocycles. The smallest absolute Gasteiger partial charge is 0.251 e. The van der Waals surface area contributed by atoms with Crippen LogP contribution in [-0.4, -0.2) is 21.6 Å². The molecule has 0 unspecified atom stereocenters. The fraction of sp³-hybridized carbons (Fsp3) is 0.294. The van der Waals surface area contributed by atoms with Gasteiger partial charge in [-0.1, -0.05) is 28.1 Å². The summed E-state index contributed by atoms with van der Waals surface area (Å²) in [5, 5.41) is 10.8. The van der Waals surface area contributed by atoms with Crippen LogP contribution >= 0.6 is 15.9 Å². The first-order valence-electron chi connectivity index (χ1n) is 7.03. The van der Waals surface area contributed by atoms with Crippen LogP contribution < -0.4 is 5.56 Å². The van der Waals surface area contributed by atoms with Crippen LogP contribution in [0.3, 0.4) is 0 Å². The van der Waals surface area contributed by atoms with E-state index < -0.39 is 17.6 Å². The molecule has 0 aliphatic heterocycles. The molecule has 1 aromatic carbocycles. The molecular weight excluding hydrogens is 346 g/mol. The lowest BCUT2D eigenvalue weighted by Crippen LogP contribution is -2.49. The van der Waals surface area contributed by atoms with Crippen LogP contribution in [0.5, 0.6) is 0 Å². The zero-order valence-corrected chi connectivity index (χ0v) is 13.9. The van der Waals surface area contributed by atoms with Gasteiger partial charge in [-0.3, -0.25) is 9.59 Å². The lowest BCUT2D eigenvalue weighted by molar-refractivity contribution is 0.0134. The SMILES string of the molecule is CC1(C)C(=O)c2cc(Br)ccc2[C@@H](n2ccccc2=O)[C@@H]1O. The summed E-state index contributed by atoms with van der Waals surface area (Å²) in [5.74, 6) is -0.114. The number of aliphatic hydroxyl groups excluding tert-OH is 1. The standard InChI is InChI=1S/C17H16BrNO3/c1-17(2)15(21)12-9-10(18)6-7-11(12)14(16(17)22)19-8-4-3-5-13(19)20/h3-9,14,16,22H,1-2H3/t14-,16+/m1/s1. The molecule has 1 aliphatic carbocycles. The summed E-state index contributed by atoms with van der Waals surface area (Å²) in [4.78, 5) is 24.9. The summed E-state index contributed by atoms with van der Waals surface area (Å²) in [6.07, 6.45) is 0.669. The van der Waals surface area contributed by atoms with Gasteiger partial charge in [-0.2, -0.15) is 0 Å². The summed E-state index contributed by atoms with van der Waals surface area (Å²) in [6, 6.07) is 9.64. The molecule has 114 valence electrons. The number of fused-ring (bicyclic) bond motifs is 1. The fourth-order valence-electron chi connectivity index (χ4n) is 3.00. The maximum atomic E-state index is 12.7. The Morgan fingerprint density at radius 3 is 2.59 bits per heavy atom. The number of aromatic nitrogens is 1. The second-order valence-electron chi connectivity index (χ2n) is 6.12. The minimum Gasteiger partial charge on any atom is -0.390 e. The Bertz CT molecular complexity index is 810. The van der Waals surface area contributed by atoms with Crippen LogP contribution in [0.25, 0.3) is 0 Å². The van der Waals surface area contributed by atoms with Gasteiger partial charge in [-0.25, -0.2) is 0 Å². The summed E-state index contributed by atoms with van der Waals surface area (Å²) in [7, 11) is 0. The Morgan fingerprint density at radius 2 is 1.91 bits per heavy atom. The number of halogens is 1. The topological polar surface area (TPSA) is 59.3 Å². The molecule has 2 aromatic rings. The highest BCUT2D eigenvalue weighted by molar-refractivity contribution is 9.10. The molecule has 4 nitrogen and oxygen atoms in total. The van der Waals surface area contributed by atoms with Crippen molar-refractivity contribution in [2.45, 2.75) is 26.0 Å². The van der Waals surface area contributed by atoms with E-state index in [-0.39, 0.29) is 11.3 Å². The summed E-state index contributed by atoms with van der Waals surface area (Å²) < 4.78 is 2.29. The second-order valence-corrected chi connectivity index (χ2v) is 7.03. The van der Waals surface area contributed by atoms with E-state index in [1.807, 2.05) is 6.07 Å². The monoisotopic (exact) mass is 361 g/mol. The molecule has 0 fully saturated rings. The third-order valence-corrected chi connectivity index (χ3v) is 4.85. The normalized spacial score (nSPS) is 23.2. The highest BCUT2D eigenvalue weighted by Crippen LogP contribution is 2.43. The molecule has 0 saturated heterocycles. The zero-order valence-electron chi connectivity index (χ0n) is 12.3. The number of pyridine rings is 1. The van der Waals surface area contributed by atoms with Gasteiger partial charge in [-0.05, 0) is 37.6 Å². The predicted molar refractivity (Wildman–Crippen MR) is 87.1 cm³/mol. The molecule has 0 bridgehead atoms. The number of carbonyl (C=O) groups is 1. The first-order valence-corrected chi connectivity index (χ1v) is 7.83. The van der Waals surface area contributed by atoms with E-state index in [9.17, 15) is 14.7 Å². The van der Waals surface area contributed by atoms with E-state index in [0.717, 1.165) is 4.47 Å². The lowest BCUT2D eigenvalue weighted by Gasteiger charge is -2.41. The second kappa shape index (κ2) is 5.18. The largest absolute Gasteiger partial charge is 0.390 e. The molecule has 5 heteroatoms. The number of aliphatic hydroxyl groups is 1. The Balaban J connectivity index is 2.31. The van der Waals surface area contributed by atoms with E-state index >= 15 is 0 Å². The molecule has 22 heavy (non-hydrogen) atoms. The quantitative estimate of drug-likeness (QED) is 0.849. The fourth-order valence-corrected chi connectivity index (χ4v) is 3.36. The Morgan fingerprint density at radius 1 is 1.18 bits per heavy atom. The van der Waals surface area contributed by atoms with Gasteiger partial charge in [0, 0.05) is 22.3 Å². The molecule has 0 amide bonds. The Kier molecular flexibility index (Phi) is 3.57. The Labute approximate surface area is 136 Å². The number of rotatable bonds is 1. The predicted octanol–water partition coefficient (Wildman–Crippen LogP) is 2.78. The summed E-state index contributed by atoms with van der Waals surface area (Å²) in [6.45, 7) is 3.43. The molecule has 0 spiro atoms. The number of carbonyl (C=O) groups excluding carboxylic acids is 1. The zero-order chi connectivity index (χ0) is 16.1. The first-order chi connectivity index (χ1) is 10.3. The molecule has 0 saturated carbocycles. The van der Waals surface area contributed by atoms with Crippen LogP contribution in [0.1, 0.15) is 35.8 Å². The number of hydrogen-bond acceptors (Lipinski definition) is 3. The highest BCUT2D eigenvalue weighted by atomic mass is 79.9. The van der Waals surface area contributed by atoms with Gasteiger partial charge in [0.15, 0.2) is 5.78 Å². The van der Waals surface area contributed by atoms with Gasteiger partial charge in [0.2, 0.25) is 0 Å². The van der Waals surface area contributed by atoms with Gasteiger partial charge < -0.3 is 9.67 Å². The van der Waals surface area contributed by atoms with E-state index in [4.69, 9.17) is 0 Å². The number of Topliss-reactive ketones (excluding diaryl/α,β-unsaturated/α-hetero) is 1. The number of hydrogen-bond donors (Lipinski definition) is 1. The summed E-state index contributed by atoms with van der Waals surface area (Å²) >= 11 is 3.38. The van der Waals surface area contributed by atoms with Crippen molar-refractivity contribution in [1.29, 1.82) is 0 Å². The average Bonchev–Trinajstić information content (AvgIpc) is 2.48. The molecule has 3 rings (SSSR count). The lowest BCUT2D eigenvalue weighted by atomic mass is 9.68. The molecule has 2 atom stereocenters. The number of benzene rings is 1. The third kappa shape index (κ3) is 2.16. The minimum absolute atomic E-state index is 0.114. The molecule has 1 N–H and O–H groups in total. The average molecular weight is 362 g/mol. The van der Waals surface area contributed by atoms with Crippen LogP contribution in [-0.2, 0) is 0 Å². The van der Waals surface area contributed by atoms with Crippen molar-refractivity contribution in [1.82, 2.24) is 4.57 Å². The van der Waals surface area contributed by atoms with Crippen LogP contribution in [0.15, 0.2) is 51.9 Å². The van der Waals surface area contributed by atoms with Crippen LogP contribution in [0, 0.1) is 5.41 Å². The molecular formula is C17H16BrNO3.